The fraction of sp³-hybridized carbons (Fsp3) is 0.571. The molecule has 6 nitrogen and oxygen atoms in total. The summed E-state index contributed by atoms with van der Waals surface area (Å²) in [5.74, 6) is 0.642. The number of aromatic nitrogens is 3. The smallest absolute Gasteiger partial charge is 0.338 e. The molecule has 1 aliphatic carbocycles. The Balaban J connectivity index is 1.44. The van der Waals surface area contributed by atoms with Gasteiger partial charge in [-0.25, -0.2) is 4.79 Å². The van der Waals surface area contributed by atoms with Gasteiger partial charge < -0.3 is 9.64 Å². The van der Waals surface area contributed by atoms with Gasteiger partial charge in [-0.15, -0.1) is 0 Å². The Morgan fingerprint density at radius 1 is 1.19 bits per heavy atom. The van der Waals surface area contributed by atoms with Crippen molar-refractivity contribution < 1.29 is 9.53 Å². The number of likely N-dealkylation sites (tertiary alicyclic amines) is 1. The molecule has 0 unspecified atom stereocenters. The Hall–Kier alpha value is -2.21. The van der Waals surface area contributed by atoms with Crippen LogP contribution >= 0.6 is 0 Å². The van der Waals surface area contributed by atoms with E-state index in [1.807, 2.05) is 6.20 Å². The minimum Gasteiger partial charge on any atom is -0.465 e. The first-order valence-electron chi connectivity index (χ1n) is 9.92. The number of hydrogen-bond donors (Lipinski definition) is 0. The molecule has 0 radical (unpaired) electrons. The summed E-state index contributed by atoms with van der Waals surface area (Å²) >= 11 is 0. The SMILES string of the molecule is COC(=O)c1ccncc1Cc1cnn(C2CCN(CC3CC3)CC2)c1C. The van der Waals surface area contributed by atoms with Crippen LogP contribution in [0.5, 0.6) is 0 Å². The standard InChI is InChI=1S/C21H28N4O2/c1-15-17(11-18-12-22-8-5-20(18)21(26)27-2)13-23-25(15)19-6-9-24(10-7-19)14-16-3-4-16/h5,8,12-13,16,19H,3-4,6-7,9-11,14H2,1-2H3. The lowest BCUT2D eigenvalue weighted by atomic mass is 10.0. The fourth-order valence-electron chi connectivity index (χ4n) is 4.10. The Kier molecular flexibility index (Phi) is 5.25. The monoisotopic (exact) mass is 368 g/mol. The predicted octanol–water partition coefficient (Wildman–Crippen LogP) is 3.01. The number of hydrogen-bond acceptors (Lipinski definition) is 5. The molecule has 3 heterocycles. The molecule has 2 aliphatic rings. The largest absolute Gasteiger partial charge is 0.465 e. The maximum atomic E-state index is 12.0. The summed E-state index contributed by atoms with van der Waals surface area (Å²) in [5, 5.41) is 4.69. The zero-order valence-corrected chi connectivity index (χ0v) is 16.2. The van der Waals surface area contributed by atoms with Gasteiger partial charge in [0.2, 0.25) is 0 Å². The van der Waals surface area contributed by atoms with Crippen molar-refractivity contribution in [1.29, 1.82) is 0 Å². The molecule has 1 aliphatic heterocycles. The molecule has 2 aromatic heterocycles. The van der Waals surface area contributed by atoms with E-state index in [1.54, 1.807) is 18.5 Å². The Labute approximate surface area is 160 Å². The van der Waals surface area contributed by atoms with Crippen LogP contribution in [0.25, 0.3) is 0 Å². The number of carbonyl (C=O) groups excluding carboxylic acids is 1. The van der Waals surface area contributed by atoms with Crippen LogP contribution in [0.1, 0.15) is 58.9 Å². The van der Waals surface area contributed by atoms with Crippen LogP contribution in [0.2, 0.25) is 0 Å². The van der Waals surface area contributed by atoms with Gasteiger partial charge in [0.15, 0.2) is 0 Å². The van der Waals surface area contributed by atoms with Crippen LogP contribution in [0.15, 0.2) is 24.7 Å². The molecular weight excluding hydrogens is 340 g/mol. The van der Waals surface area contributed by atoms with Crippen molar-refractivity contribution in [3.63, 3.8) is 0 Å². The van der Waals surface area contributed by atoms with Crippen molar-refractivity contribution in [1.82, 2.24) is 19.7 Å². The van der Waals surface area contributed by atoms with Crippen LogP contribution in [0.4, 0.5) is 0 Å². The zero-order chi connectivity index (χ0) is 18.8. The number of pyridine rings is 1. The van der Waals surface area contributed by atoms with Gasteiger partial charge in [-0.1, -0.05) is 0 Å². The first-order valence-corrected chi connectivity index (χ1v) is 9.92. The number of piperidine rings is 1. The van der Waals surface area contributed by atoms with Gasteiger partial charge >= 0.3 is 5.97 Å². The van der Waals surface area contributed by atoms with Crippen molar-refractivity contribution >= 4 is 5.97 Å². The Morgan fingerprint density at radius 2 is 1.96 bits per heavy atom. The van der Waals surface area contributed by atoms with Gasteiger partial charge in [-0.3, -0.25) is 9.67 Å². The maximum Gasteiger partial charge on any atom is 0.338 e. The second-order valence-electron chi connectivity index (χ2n) is 7.88. The van der Waals surface area contributed by atoms with E-state index in [0.717, 1.165) is 29.9 Å². The van der Waals surface area contributed by atoms with E-state index in [1.165, 1.54) is 45.3 Å². The number of nitrogens with zero attached hydrogens (tertiary/aromatic N) is 4. The summed E-state index contributed by atoms with van der Waals surface area (Å²) in [6.07, 6.45) is 11.1. The van der Waals surface area contributed by atoms with E-state index in [-0.39, 0.29) is 5.97 Å². The third kappa shape index (κ3) is 4.05. The molecule has 2 fully saturated rings. The minimum atomic E-state index is -0.319. The minimum absolute atomic E-state index is 0.319. The summed E-state index contributed by atoms with van der Waals surface area (Å²) in [4.78, 5) is 18.8. The summed E-state index contributed by atoms with van der Waals surface area (Å²) in [7, 11) is 1.41. The number of carbonyl (C=O) groups is 1. The van der Waals surface area contributed by atoms with E-state index in [9.17, 15) is 4.79 Å². The molecule has 0 amide bonds. The van der Waals surface area contributed by atoms with Crippen molar-refractivity contribution in [2.45, 2.75) is 45.1 Å². The number of rotatable bonds is 6. The van der Waals surface area contributed by atoms with E-state index < -0.39 is 0 Å². The zero-order valence-electron chi connectivity index (χ0n) is 16.2. The lowest BCUT2D eigenvalue weighted by Crippen LogP contribution is -2.36. The summed E-state index contributed by atoms with van der Waals surface area (Å²) in [6.45, 7) is 5.76. The molecule has 0 bridgehead atoms. The van der Waals surface area contributed by atoms with Crippen LogP contribution in [-0.2, 0) is 11.2 Å². The van der Waals surface area contributed by atoms with Crippen molar-refractivity contribution in [2.75, 3.05) is 26.7 Å². The maximum absolute atomic E-state index is 12.0. The van der Waals surface area contributed by atoms with Gasteiger partial charge in [-0.05, 0) is 55.7 Å². The van der Waals surface area contributed by atoms with E-state index in [4.69, 9.17) is 9.84 Å². The van der Waals surface area contributed by atoms with E-state index >= 15 is 0 Å². The first-order chi connectivity index (χ1) is 13.2. The normalized spacial score (nSPS) is 18.6. The quantitative estimate of drug-likeness (QED) is 0.734. The molecule has 27 heavy (non-hydrogen) atoms. The third-order valence-corrected chi connectivity index (χ3v) is 5.95. The first kappa shape index (κ1) is 18.2. The molecule has 0 atom stereocenters. The number of ether oxygens (including phenoxy) is 1. The highest BCUT2D eigenvalue weighted by Gasteiger charge is 2.28. The van der Waals surface area contributed by atoms with Gasteiger partial charge in [0, 0.05) is 44.1 Å². The van der Waals surface area contributed by atoms with Crippen molar-refractivity contribution in [3.05, 3.63) is 47.0 Å². The molecule has 1 saturated heterocycles. The number of methoxy groups -OCH3 is 1. The molecule has 0 spiro atoms. The number of esters is 1. The second kappa shape index (κ2) is 7.80. The highest BCUT2D eigenvalue weighted by Crippen LogP contribution is 2.32. The molecule has 2 aromatic rings. The molecule has 0 aromatic carbocycles. The molecule has 6 heteroatoms. The average Bonchev–Trinajstić information content (AvgIpc) is 3.45. The fourth-order valence-corrected chi connectivity index (χ4v) is 4.10. The van der Waals surface area contributed by atoms with Crippen LogP contribution in [0, 0.1) is 12.8 Å². The van der Waals surface area contributed by atoms with Gasteiger partial charge in [0.1, 0.15) is 0 Å². The van der Waals surface area contributed by atoms with Gasteiger partial charge in [-0.2, -0.15) is 5.10 Å². The predicted molar refractivity (Wildman–Crippen MR) is 103 cm³/mol. The Bertz CT molecular complexity index is 804. The molecular formula is C21H28N4O2. The van der Waals surface area contributed by atoms with Gasteiger partial charge in [0.05, 0.1) is 24.9 Å². The summed E-state index contributed by atoms with van der Waals surface area (Å²) in [5.41, 5.74) is 3.79. The lowest BCUT2D eigenvalue weighted by molar-refractivity contribution is 0.0599. The van der Waals surface area contributed by atoms with E-state index in [2.05, 4.69) is 21.5 Å². The molecule has 1 saturated carbocycles. The topological polar surface area (TPSA) is 60.2 Å². The van der Waals surface area contributed by atoms with Crippen LogP contribution < -0.4 is 0 Å². The molecule has 144 valence electrons. The third-order valence-electron chi connectivity index (χ3n) is 5.95. The highest BCUT2D eigenvalue weighted by molar-refractivity contribution is 5.90. The van der Waals surface area contributed by atoms with Crippen LogP contribution in [0.3, 0.4) is 0 Å². The van der Waals surface area contributed by atoms with E-state index in [0.29, 0.717) is 18.0 Å². The summed E-state index contributed by atoms with van der Waals surface area (Å²) < 4.78 is 7.09. The lowest BCUT2D eigenvalue weighted by Gasteiger charge is -2.32. The van der Waals surface area contributed by atoms with Crippen LogP contribution in [-0.4, -0.2) is 52.4 Å². The van der Waals surface area contributed by atoms with Crippen molar-refractivity contribution in [3.8, 4) is 0 Å². The second-order valence-corrected chi connectivity index (χ2v) is 7.88. The summed E-state index contributed by atoms with van der Waals surface area (Å²) in [6, 6.07) is 2.19. The average molecular weight is 368 g/mol. The molecule has 4 rings (SSSR count). The molecule has 0 N–H and O–H groups in total. The highest BCUT2D eigenvalue weighted by atomic mass is 16.5. The van der Waals surface area contributed by atoms with Gasteiger partial charge in [0.25, 0.3) is 0 Å². The Morgan fingerprint density at radius 3 is 2.67 bits per heavy atom. The van der Waals surface area contributed by atoms with Crippen molar-refractivity contribution in [2.24, 2.45) is 5.92 Å².